The molecule has 0 N–H and O–H groups in total. The number of rotatable bonds is 5. The Hall–Kier alpha value is -5.74. The van der Waals surface area contributed by atoms with Crippen LogP contribution >= 0.6 is 0 Å². The van der Waals surface area contributed by atoms with Gasteiger partial charge < -0.3 is 9.32 Å². The lowest BCUT2D eigenvalue weighted by Gasteiger charge is -2.25. The maximum Gasteiger partial charge on any atom is 0.161 e. The summed E-state index contributed by atoms with van der Waals surface area (Å²) >= 11 is 0. The first-order valence-corrected chi connectivity index (χ1v) is 14.0. The molecule has 0 bridgehead atoms. The van der Waals surface area contributed by atoms with E-state index in [0.717, 1.165) is 66.7 Å². The Labute approximate surface area is 243 Å². The van der Waals surface area contributed by atoms with Gasteiger partial charge in [0.15, 0.2) is 5.82 Å². The van der Waals surface area contributed by atoms with E-state index in [-0.39, 0.29) is 0 Å². The fourth-order valence-corrected chi connectivity index (χ4v) is 5.75. The van der Waals surface area contributed by atoms with Crippen molar-refractivity contribution in [1.29, 1.82) is 0 Å². The summed E-state index contributed by atoms with van der Waals surface area (Å²) in [5.41, 5.74) is 8.65. The Morgan fingerprint density at radius 2 is 1.14 bits per heavy atom. The third-order valence-electron chi connectivity index (χ3n) is 7.66. The van der Waals surface area contributed by atoms with Crippen molar-refractivity contribution in [2.75, 3.05) is 4.90 Å². The molecule has 2 heterocycles. The fourth-order valence-electron chi connectivity index (χ4n) is 5.75. The number of hydrogen-bond donors (Lipinski definition) is 0. The van der Waals surface area contributed by atoms with Gasteiger partial charge in [-0.15, -0.1) is 0 Å². The van der Waals surface area contributed by atoms with Crippen LogP contribution in [0.15, 0.2) is 156 Å². The van der Waals surface area contributed by atoms with Crippen molar-refractivity contribution in [1.82, 2.24) is 9.97 Å². The third-order valence-corrected chi connectivity index (χ3v) is 7.66. The molecule has 8 aromatic rings. The second-order valence-electron chi connectivity index (χ2n) is 10.2. The first kappa shape index (κ1) is 24.1. The molecule has 0 radical (unpaired) electrons. The number of aromatic nitrogens is 2. The highest BCUT2D eigenvalue weighted by atomic mass is 16.3. The summed E-state index contributed by atoms with van der Waals surface area (Å²) in [4.78, 5) is 12.4. The molecule has 0 aliphatic heterocycles. The predicted octanol–water partition coefficient (Wildman–Crippen LogP) is 10.3. The second kappa shape index (κ2) is 10.0. The number of para-hydroxylation sites is 3. The fraction of sp³-hybridized carbons (Fsp3) is 0. The Kier molecular flexibility index (Phi) is 5.75. The smallest absolute Gasteiger partial charge is 0.161 e. The quantitative estimate of drug-likeness (QED) is 0.218. The van der Waals surface area contributed by atoms with Crippen molar-refractivity contribution < 1.29 is 4.42 Å². The number of nitrogens with zero attached hydrogens (tertiary/aromatic N) is 3. The normalized spacial score (nSPS) is 11.3. The van der Waals surface area contributed by atoms with Crippen LogP contribution in [0.5, 0.6) is 0 Å². The van der Waals surface area contributed by atoms with Crippen molar-refractivity contribution in [2.24, 2.45) is 0 Å². The highest BCUT2D eigenvalue weighted by Crippen LogP contribution is 2.41. The zero-order chi connectivity index (χ0) is 27.9. The maximum atomic E-state index is 6.50. The molecule has 0 spiro atoms. The van der Waals surface area contributed by atoms with E-state index in [9.17, 15) is 0 Å². The predicted molar refractivity (Wildman–Crippen MR) is 172 cm³/mol. The lowest BCUT2D eigenvalue weighted by atomic mass is 10.0. The highest BCUT2D eigenvalue weighted by Gasteiger charge is 2.19. The zero-order valence-electron chi connectivity index (χ0n) is 22.7. The van der Waals surface area contributed by atoms with E-state index in [2.05, 4.69) is 102 Å². The van der Waals surface area contributed by atoms with E-state index >= 15 is 0 Å². The van der Waals surface area contributed by atoms with Gasteiger partial charge in [0.25, 0.3) is 0 Å². The Balaban J connectivity index is 1.32. The van der Waals surface area contributed by atoms with Gasteiger partial charge in [-0.25, -0.2) is 9.97 Å². The molecule has 0 aliphatic rings. The Morgan fingerprint density at radius 3 is 1.88 bits per heavy atom. The van der Waals surface area contributed by atoms with Crippen LogP contribution in [-0.2, 0) is 0 Å². The molecule has 0 fully saturated rings. The van der Waals surface area contributed by atoms with E-state index in [4.69, 9.17) is 14.4 Å². The number of furan rings is 1. The van der Waals surface area contributed by atoms with E-state index in [1.165, 1.54) is 0 Å². The molecule has 0 aliphatic carbocycles. The van der Waals surface area contributed by atoms with E-state index < -0.39 is 0 Å². The number of hydrogen-bond acceptors (Lipinski definition) is 4. The van der Waals surface area contributed by atoms with E-state index in [1.807, 2.05) is 54.6 Å². The van der Waals surface area contributed by atoms with Gasteiger partial charge >= 0.3 is 0 Å². The summed E-state index contributed by atoms with van der Waals surface area (Å²) < 4.78 is 6.50. The maximum absolute atomic E-state index is 6.50. The van der Waals surface area contributed by atoms with Crippen LogP contribution in [0.1, 0.15) is 0 Å². The van der Waals surface area contributed by atoms with Crippen LogP contribution in [0.2, 0.25) is 0 Å². The SMILES string of the molecule is c1ccc(-c2nc(-c3cccc4oc5cc(N(c6ccccc6)c6ccccc6)ccc5c34)nc3ccccc23)cc1. The summed E-state index contributed by atoms with van der Waals surface area (Å²) in [5, 5.41) is 3.07. The number of anilines is 3. The molecule has 0 unspecified atom stereocenters. The van der Waals surface area contributed by atoms with Gasteiger partial charge in [0.1, 0.15) is 11.2 Å². The number of fused-ring (bicyclic) bond motifs is 4. The van der Waals surface area contributed by atoms with Crippen LogP contribution in [0, 0.1) is 0 Å². The molecular formula is C38H25N3O. The van der Waals surface area contributed by atoms with Crippen LogP contribution < -0.4 is 4.90 Å². The molecule has 42 heavy (non-hydrogen) atoms. The molecule has 8 rings (SSSR count). The lowest BCUT2D eigenvalue weighted by molar-refractivity contribution is 0.669. The van der Waals surface area contributed by atoms with Crippen LogP contribution in [0.25, 0.3) is 55.5 Å². The molecule has 0 saturated carbocycles. The first-order valence-electron chi connectivity index (χ1n) is 14.0. The zero-order valence-corrected chi connectivity index (χ0v) is 22.7. The summed E-state index contributed by atoms with van der Waals surface area (Å²) in [5.74, 6) is 0.681. The average molecular weight is 540 g/mol. The monoisotopic (exact) mass is 539 g/mol. The van der Waals surface area contributed by atoms with E-state index in [1.54, 1.807) is 0 Å². The van der Waals surface area contributed by atoms with Gasteiger partial charge in [0, 0.05) is 50.4 Å². The molecule has 0 amide bonds. The minimum atomic E-state index is 0.681. The van der Waals surface area contributed by atoms with Gasteiger partial charge in [-0.3, -0.25) is 0 Å². The van der Waals surface area contributed by atoms with Crippen molar-refractivity contribution in [2.45, 2.75) is 0 Å². The van der Waals surface area contributed by atoms with Gasteiger partial charge in [-0.1, -0.05) is 97.1 Å². The van der Waals surface area contributed by atoms with Gasteiger partial charge in [-0.05, 0) is 48.5 Å². The molecule has 0 atom stereocenters. The molecule has 4 nitrogen and oxygen atoms in total. The minimum Gasteiger partial charge on any atom is -0.456 e. The summed E-state index contributed by atoms with van der Waals surface area (Å²) in [6.45, 7) is 0. The molecule has 6 aromatic carbocycles. The van der Waals surface area contributed by atoms with Gasteiger partial charge in [0.05, 0.1) is 11.2 Å². The second-order valence-corrected chi connectivity index (χ2v) is 10.2. The topological polar surface area (TPSA) is 42.2 Å². The Bertz CT molecular complexity index is 2150. The van der Waals surface area contributed by atoms with Crippen LogP contribution in [0.4, 0.5) is 17.1 Å². The van der Waals surface area contributed by atoms with Crippen molar-refractivity contribution in [3.8, 4) is 22.6 Å². The summed E-state index contributed by atoms with van der Waals surface area (Å²) in [6, 6.07) is 51.8. The molecule has 4 heteroatoms. The van der Waals surface area contributed by atoms with Crippen LogP contribution in [0.3, 0.4) is 0 Å². The average Bonchev–Trinajstić information content (AvgIpc) is 3.44. The van der Waals surface area contributed by atoms with Crippen molar-refractivity contribution in [3.63, 3.8) is 0 Å². The molecule has 198 valence electrons. The Morgan fingerprint density at radius 1 is 0.476 bits per heavy atom. The van der Waals surface area contributed by atoms with E-state index in [0.29, 0.717) is 5.82 Å². The summed E-state index contributed by atoms with van der Waals surface area (Å²) in [7, 11) is 0. The number of benzene rings is 6. The third kappa shape index (κ3) is 4.09. The summed E-state index contributed by atoms with van der Waals surface area (Å²) in [6.07, 6.45) is 0. The van der Waals surface area contributed by atoms with Gasteiger partial charge in [0.2, 0.25) is 0 Å². The molecule has 0 saturated heterocycles. The minimum absolute atomic E-state index is 0.681. The van der Waals surface area contributed by atoms with Crippen molar-refractivity contribution >= 4 is 49.9 Å². The molecular weight excluding hydrogens is 514 g/mol. The molecule has 2 aromatic heterocycles. The highest BCUT2D eigenvalue weighted by molar-refractivity contribution is 6.13. The standard InChI is InChI=1S/C38H25N3O/c1-4-13-26(14-5-1)37-30-19-10-11-21-33(30)39-38(40-37)32-20-12-22-34-36(32)31-24-23-29(25-35(31)42-34)41(27-15-6-2-7-16-27)28-17-8-3-9-18-28/h1-25H. The van der Waals surface area contributed by atoms with Crippen LogP contribution in [-0.4, -0.2) is 9.97 Å². The largest absolute Gasteiger partial charge is 0.456 e. The van der Waals surface area contributed by atoms with Gasteiger partial charge in [-0.2, -0.15) is 0 Å². The lowest BCUT2D eigenvalue weighted by Crippen LogP contribution is -2.09. The first-order chi connectivity index (χ1) is 20.8. The van der Waals surface area contributed by atoms with Crippen molar-refractivity contribution in [3.05, 3.63) is 152 Å².